The topological polar surface area (TPSA) is 64.2 Å². The first-order chi connectivity index (χ1) is 9.30. The van der Waals surface area contributed by atoms with Gasteiger partial charge in [-0.2, -0.15) is 11.5 Å². The molecule has 1 aliphatic heterocycles. The Hall–Kier alpha value is -0.551. The van der Waals surface area contributed by atoms with Crippen molar-refractivity contribution >= 4 is 23.4 Å². The third-order valence-electron chi connectivity index (χ3n) is 4.15. The predicted molar refractivity (Wildman–Crippen MR) is 76.9 cm³/mol. The zero-order valence-electron chi connectivity index (χ0n) is 12.6. The van der Waals surface area contributed by atoms with Gasteiger partial charge in [0, 0.05) is 32.7 Å². The van der Waals surface area contributed by atoms with Crippen molar-refractivity contribution in [1.29, 1.82) is 0 Å². The largest absolute Gasteiger partial charge is 0.492 e. The molecule has 1 aliphatic rings. The molecule has 21 heavy (non-hydrogen) atoms. The van der Waals surface area contributed by atoms with Crippen LogP contribution in [-0.4, -0.2) is 28.5 Å². The molecular weight excluding hydrogens is 344 g/mol. The molecule has 7 heteroatoms. The third-order valence-corrected chi connectivity index (χ3v) is 4.15. The molecule has 1 saturated heterocycles. The van der Waals surface area contributed by atoms with Crippen LogP contribution in [0.1, 0.15) is 27.7 Å². The van der Waals surface area contributed by atoms with Crippen LogP contribution in [0.15, 0.2) is 23.0 Å². The summed E-state index contributed by atoms with van der Waals surface area (Å²) in [6.45, 7) is 7.99. The molecule has 0 bridgehead atoms. The Kier molecular flexibility index (Phi) is 4.47. The van der Waals surface area contributed by atoms with Crippen molar-refractivity contribution in [2.75, 3.05) is 0 Å². The Balaban J connectivity index is 0.00000161. The maximum absolute atomic E-state index is 11.8. The van der Waals surface area contributed by atoms with Crippen LogP contribution < -0.4 is 11.0 Å². The molecule has 2 aromatic rings. The summed E-state index contributed by atoms with van der Waals surface area (Å²) in [4.78, 5) is 11.8. The fourth-order valence-corrected chi connectivity index (χ4v) is 2.17. The Labute approximate surface area is 148 Å². The second-order valence-corrected chi connectivity index (χ2v) is 6.06. The van der Waals surface area contributed by atoms with Gasteiger partial charge < -0.3 is 9.31 Å². The first-order valence-corrected chi connectivity index (χ1v) is 6.56. The van der Waals surface area contributed by atoms with Crippen molar-refractivity contribution in [3.05, 3.63) is 34.7 Å². The van der Waals surface area contributed by atoms with Crippen molar-refractivity contribution in [3.63, 3.8) is 0 Å². The van der Waals surface area contributed by atoms with E-state index in [0.29, 0.717) is 10.8 Å². The minimum atomic E-state index is -0.475. The van der Waals surface area contributed by atoms with Gasteiger partial charge in [-0.1, -0.05) is 5.39 Å². The number of hydrogen-bond donors (Lipinski definition) is 1. The summed E-state index contributed by atoms with van der Waals surface area (Å²) in [6.07, 6.45) is 2.75. The number of nitrogens with zero attached hydrogens (tertiary/aromatic N) is 1. The van der Waals surface area contributed by atoms with Crippen LogP contribution in [-0.2, 0) is 42.0 Å². The molecule has 2 heterocycles. The second kappa shape index (κ2) is 5.58. The predicted octanol–water partition coefficient (Wildman–Crippen LogP) is 1.02. The van der Waals surface area contributed by atoms with Crippen LogP contribution in [0.5, 0.6) is 0 Å². The fraction of sp³-hybridized carbons (Fsp3) is 0.429. The van der Waals surface area contributed by atoms with Crippen molar-refractivity contribution in [2.45, 2.75) is 38.9 Å². The van der Waals surface area contributed by atoms with Gasteiger partial charge in [0.15, 0.2) is 0 Å². The van der Waals surface area contributed by atoms with E-state index in [0.717, 1.165) is 5.46 Å². The molecule has 5 nitrogen and oxygen atoms in total. The van der Waals surface area contributed by atoms with Crippen molar-refractivity contribution in [2.24, 2.45) is 0 Å². The van der Waals surface area contributed by atoms with Gasteiger partial charge in [0.05, 0.1) is 11.2 Å². The second-order valence-electron chi connectivity index (χ2n) is 6.06. The number of aromatic amines is 1. The maximum Gasteiger partial charge on any atom is 0.492 e. The number of fused-ring (bicyclic) bond motifs is 1. The van der Waals surface area contributed by atoms with E-state index in [1.54, 1.807) is 12.1 Å². The normalized spacial score (nSPS) is 19.5. The van der Waals surface area contributed by atoms with Gasteiger partial charge in [-0.05, 0) is 39.4 Å². The number of aromatic nitrogens is 2. The van der Waals surface area contributed by atoms with Gasteiger partial charge in [0.25, 0.3) is 0 Å². The van der Waals surface area contributed by atoms with Crippen LogP contribution in [0.2, 0.25) is 0 Å². The fourth-order valence-electron chi connectivity index (χ4n) is 2.17. The van der Waals surface area contributed by atoms with E-state index in [-0.39, 0.29) is 38.3 Å². The van der Waals surface area contributed by atoms with E-state index in [1.807, 2.05) is 33.8 Å². The molecule has 3 rings (SSSR count). The van der Waals surface area contributed by atoms with E-state index >= 15 is 0 Å². The molecule has 0 unspecified atom stereocenters. The van der Waals surface area contributed by atoms with Crippen molar-refractivity contribution in [3.8, 4) is 0 Å². The van der Waals surface area contributed by atoms with Gasteiger partial charge in [-0.3, -0.25) is 15.0 Å². The van der Waals surface area contributed by atoms with Gasteiger partial charge >= 0.3 is 7.12 Å². The summed E-state index contributed by atoms with van der Waals surface area (Å²) in [7, 11) is -0.475. The van der Waals surface area contributed by atoms with Gasteiger partial charge in [-0.15, -0.1) is 12.1 Å². The maximum atomic E-state index is 11.8. The first kappa shape index (κ1) is 16.8. The molecular formula is C14H16BN2O3Y-. The third kappa shape index (κ3) is 2.87. The van der Waals surface area contributed by atoms with Crippen LogP contribution in [0, 0.1) is 6.20 Å². The molecule has 1 radical (unpaired) electrons. The number of nitrogens with one attached hydrogen (secondary N) is 1. The van der Waals surface area contributed by atoms with Gasteiger partial charge in [-0.25, -0.2) is 0 Å². The Morgan fingerprint density at radius 2 is 1.81 bits per heavy atom. The Bertz CT molecular complexity index is 713. The van der Waals surface area contributed by atoms with Crippen LogP contribution >= 0.6 is 0 Å². The molecule has 0 aliphatic carbocycles. The molecule has 1 N–H and O–H groups in total. The monoisotopic (exact) mass is 360 g/mol. The standard InChI is InChI=1S/C14H16BN2O3.Y/c1-13(2)14(3,4)20-15(19-13)10-6-5-9-8-16-17-12(18)11(9)7-10;/h5-7H,1-4H3,(H,17,18);/q-1;. The van der Waals surface area contributed by atoms with E-state index in [1.165, 1.54) is 0 Å². The SMILES string of the molecule is CC1(C)OB(c2ccc3[c-]n[nH]c(=O)c3c2)OC1(C)C.[Y]. The summed E-state index contributed by atoms with van der Waals surface area (Å²) in [5.41, 5.74) is -0.217. The minimum absolute atomic E-state index is 0. The number of hydrogen-bond acceptors (Lipinski definition) is 4. The van der Waals surface area contributed by atoms with Crippen molar-refractivity contribution < 1.29 is 42.0 Å². The molecule has 0 saturated carbocycles. The van der Waals surface area contributed by atoms with Gasteiger partial charge in [0.1, 0.15) is 0 Å². The molecule has 1 aromatic carbocycles. The van der Waals surface area contributed by atoms with Crippen molar-refractivity contribution in [1.82, 2.24) is 10.2 Å². The smallest absolute Gasteiger partial charge is 0.399 e. The number of rotatable bonds is 1. The summed E-state index contributed by atoms with van der Waals surface area (Å²) >= 11 is 0. The summed E-state index contributed by atoms with van der Waals surface area (Å²) in [5, 5.41) is 7.25. The summed E-state index contributed by atoms with van der Waals surface area (Å²) in [6, 6.07) is 5.45. The zero-order valence-corrected chi connectivity index (χ0v) is 15.4. The number of H-pyrrole nitrogens is 1. The molecule has 0 atom stereocenters. The van der Waals surface area contributed by atoms with E-state index in [9.17, 15) is 4.79 Å². The molecule has 0 amide bonds. The molecule has 1 aromatic heterocycles. The average molecular weight is 360 g/mol. The van der Waals surface area contributed by atoms with Crippen LogP contribution in [0.3, 0.4) is 0 Å². The Morgan fingerprint density at radius 3 is 2.43 bits per heavy atom. The zero-order chi connectivity index (χ0) is 14.5. The van der Waals surface area contributed by atoms with E-state index in [2.05, 4.69) is 16.4 Å². The first-order valence-electron chi connectivity index (χ1n) is 6.56. The quantitative estimate of drug-likeness (QED) is 0.610. The summed E-state index contributed by atoms with van der Waals surface area (Å²) in [5.74, 6) is 0. The number of benzene rings is 1. The molecule has 107 valence electrons. The summed E-state index contributed by atoms with van der Waals surface area (Å²) < 4.78 is 12.0. The minimum Gasteiger partial charge on any atom is -0.399 e. The van der Waals surface area contributed by atoms with Crippen LogP contribution in [0.4, 0.5) is 0 Å². The molecule has 0 spiro atoms. The van der Waals surface area contributed by atoms with E-state index < -0.39 is 18.3 Å². The van der Waals surface area contributed by atoms with Gasteiger partial charge in [0.2, 0.25) is 5.56 Å². The Morgan fingerprint density at radius 1 is 1.19 bits per heavy atom. The van der Waals surface area contributed by atoms with Crippen LogP contribution in [0.25, 0.3) is 10.8 Å². The van der Waals surface area contributed by atoms with E-state index in [4.69, 9.17) is 9.31 Å². The average Bonchev–Trinajstić information content (AvgIpc) is 2.59. The molecule has 1 fully saturated rings.